The van der Waals surface area contributed by atoms with Crippen LogP contribution >= 0.6 is 11.3 Å². The number of hydrogen-bond acceptors (Lipinski definition) is 5. The lowest BCUT2D eigenvalue weighted by Gasteiger charge is -2.00. The van der Waals surface area contributed by atoms with Crippen LogP contribution in [-0.4, -0.2) is 27.0 Å². The van der Waals surface area contributed by atoms with Crippen LogP contribution in [0.5, 0.6) is 0 Å². The van der Waals surface area contributed by atoms with Gasteiger partial charge in [0, 0.05) is 12.4 Å². The van der Waals surface area contributed by atoms with E-state index in [9.17, 15) is 14.7 Å². The Labute approximate surface area is 125 Å². The van der Waals surface area contributed by atoms with Crippen LogP contribution in [0.2, 0.25) is 0 Å². The molecule has 0 atom stereocenters. The van der Waals surface area contributed by atoms with Gasteiger partial charge in [0.25, 0.3) is 5.91 Å². The van der Waals surface area contributed by atoms with Gasteiger partial charge in [-0.2, -0.15) is 0 Å². The van der Waals surface area contributed by atoms with Crippen molar-refractivity contribution in [3.63, 3.8) is 0 Å². The molecule has 0 unspecified atom stereocenters. The van der Waals surface area contributed by atoms with Gasteiger partial charge in [-0.25, -0.2) is 9.78 Å². The highest BCUT2D eigenvalue weighted by molar-refractivity contribution is 7.17. The normalized spacial score (nSPS) is 10.3. The van der Waals surface area contributed by atoms with Crippen LogP contribution in [0.25, 0.3) is 0 Å². The van der Waals surface area contributed by atoms with Crippen molar-refractivity contribution in [1.82, 2.24) is 9.97 Å². The molecule has 0 aliphatic heterocycles. The third-order valence-electron chi connectivity index (χ3n) is 2.80. The van der Waals surface area contributed by atoms with Gasteiger partial charge < -0.3 is 5.11 Å². The second-order valence-electron chi connectivity index (χ2n) is 4.40. The maximum atomic E-state index is 12.0. The fourth-order valence-corrected chi connectivity index (χ4v) is 2.60. The number of anilines is 1. The van der Waals surface area contributed by atoms with Crippen LogP contribution < -0.4 is 5.32 Å². The molecule has 2 aromatic rings. The van der Waals surface area contributed by atoms with E-state index in [-0.39, 0.29) is 10.8 Å². The van der Waals surface area contributed by atoms with E-state index in [2.05, 4.69) is 15.3 Å². The lowest BCUT2D eigenvalue weighted by atomic mass is 10.2. The van der Waals surface area contributed by atoms with E-state index in [4.69, 9.17) is 0 Å². The Morgan fingerprint density at radius 1 is 1.43 bits per heavy atom. The van der Waals surface area contributed by atoms with E-state index >= 15 is 0 Å². The monoisotopic (exact) mass is 305 g/mol. The average Bonchev–Trinajstić information content (AvgIpc) is 2.89. The zero-order valence-corrected chi connectivity index (χ0v) is 12.3. The summed E-state index contributed by atoms with van der Waals surface area (Å²) in [4.78, 5) is 31.5. The topological polar surface area (TPSA) is 92.2 Å². The number of amides is 1. The number of aryl methyl sites for hydroxylation is 1. The molecule has 0 bridgehead atoms. The Morgan fingerprint density at radius 3 is 2.86 bits per heavy atom. The quantitative estimate of drug-likeness (QED) is 0.856. The number of aromatic nitrogens is 2. The lowest BCUT2D eigenvalue weighted by Crippen LogP contribution is -2.11. The standard InChI is InChI=1S/C14H15N3O3S/c1-2-3-6-10-11(13(19)20)21-14(16-10)17-12(18)9-5-4-7-15-8-9/h4-5,7-8H,2-3,6H2,1H3,(H,19,20)(H,16,17,18). The second kappa shape index (κ2) is 6.94. The molecule has 0 saturated heterocycles. The van der Waals surface area contributed by atoms with Crippen LogP contribution in [0.15, 0.2) is 24.5 Å². The predicted octanol–water partition coefficient (Wildman–Crippen LogP) is 2.83. The minimum absolute atomic E-state index is 0.185. The Hall–Kier alpha value is -2.28. The number of hydrogen-bond donors (Lipinski definition) is 2. The van der Waals surface area contributed by atoms with Gasteiger partial charge in [-0.3, -0.25) is 15.1 Å². The molecular formula is C14H15N3O3S. The fraction of sp³-hybridized carbons (Fsp3) is 0.286. The molecule has 0 aliphatic rings. The first kappa shape index (κ1) is 15.1. The van der Waals surface area contributed by atoms with Crippen molar-refractivity contribution in [3.8, 4) is 0 Å². The average molecular weight is 305 g/mol. The first-order valence-corrected chi connectivity index (χ1v) is 7.37. The summed E-state index contributed by atoms with van der Waals surface area (Å²) < 4.78 is 0. The minimum Gasteiger partial charge on any atom is -0.477 e. The third-order valence-corrected chi connectivity index (χ3v) is 3.80. The SMILES string of the molecule is CCCCc1nc(NC(=O)c2cccnc2)sc1C(=O)O. The molecule has 0 aromatic carbocycles. The summed E-state index contributed by atoms with van der Waals surface area (Å²) in [6.07, 6.45) is 5.43. The summed E-state index contributed by atoms with van der Waals surface area (Å²) in [6.45, 7) is 2.03. The summed E-state index contributed by atoms with van der Waals surface area (Å²) in [5, 5.41) is 12.1. The summed E-state index contributed by atoms with van der Waals surface area (Å²) in [6, 6.07) is 3.29. The molecule has 110 valence electrons. The zero-order chi connectivity index (χ0) is 15.2. The molecule has 7 heteroatoms. The Morgan fingerprint density at radius 2 is 2.24 bits per heavy atom. The van der Waals surface area contributed by atoms with Gasteiger partial charge >= 0.3 is 5.97 Å². The molecule has 0 spiro atoms. The van der Waals surface area contributed by atoms with E-state index < -0.39 is 5.97 Å². The van der Waals surface area contributed by atoms with Crippen molar-refractivity contribution in [2.24, 2.45) is 0 Å². The Kier molecular flexibility index (Phi) is 4.99. The number of nitrogens with zero attached hydrogens (tertiary/aromatic N) is 2. The van der Waals surface area contributed by atoms with Gasteiger partial charge in [-0.05, 0) is 25.0 Å². The molecule has 21 heavy (non-hydrogen) atoms. The van der Waals surface area contributed by atoms with Gasteiger partial charge in [0.1, 0.15) is 4.88 Å². The highest BCUT2D eigenvalue weighted by Crippen LogP contribution is 2.25. The van der Waals surface area contributed by atoms with Crippen molar-refractivity contribution in [2.75, 3.05) is 5.32 Å². The minimum atomic E-state index is -1.01. The van der Waals surface area contributed by atoms with Gasteiger partial charge in [0.15, 0.2) is 5.13 Å². The molecule has 1 amide bonds. The summed E-state index contributed by atoms with van der Waals surface area (Å²) in [5.41, 5.74) is 0.926. The number of carboxylic acids is 1. The number of thiazole rings is 1. The van der Waals surface area contributed by atoms with Crippen LogP contribution in [0.1, 0.15) is 45.5 Å². The number of carbonyl (C=O) groups excluding carboxylic acids is 1. The molecule has 0 fully saturated rings. The predicted molar refractivity (Wildman–Crippen MR) is 79.9 cm³/mol. The maximum Gasteiger partial charge on any atom is 0.347 e. The molecule has 6 nitrogen and oxygen atoms in total. The molecule has 0 aliphatic carbocycles. The van der Waals surface area contributed by atoms with Crippen LogP contribution in [0.3, 0.4) is 0 Å². The number of unbranched alkanes of at least 4 members (excludes halogenated alkanes) is 1. The van der Waals surface area contributed by atoms with Gasteiger partial charge in [-0.15, -0.1) is 0 Å². The molecule has 2 aromatic heterocycles. The third kappa shape index (κ3) is 3.85. The van der Waals surface area contributed by atoms with Gasteiger partial charge in [0.05, 0.1) is 11.3 Å². The largest absolute Gasteiger partial charge is 0.477 e. The number of carboxylic acid groups (broad SMARTS) is 1. The van der Waals surface area contributed by atoms with E-state index in [0.29, 0.717) is 22.8 Å². The molecule has 0 saturated carbocycles. The summed E-state index contributed by atoms with van der Waals surface area (Å²) in [7, 11) is 0. The summed E-state index contributed by atoms with van der Waals surface area (Å²) >= 11 is 0.978. The van der Waals surface area contributed by atoms with Gasteiger partial charge in [-0.1, -0.05) is 24.7 Å². The number of pyridine rings is 1. The smallest absolute Gasteiger partial charge is 0.347 e. The first-order valence-electron chi connectivity index (χ1n) is 6.56. The fourth-order valence-electron chi connectivity index (χ4n) is 1.75. The molecule has 2 rings (SSSR count). The molecule has 2 N–H and O–H groups in total. The van der Waals surface area contributed by atoms with Crippen molar-refractivity contribution in [3.05, 3.63) is 40.7 Å². The highest BCUT2D eigenvalue weighted by atomic mass is 32.1. The number of carbonyl (C=O) groups is 2. The number of rotatable bonds is 6. The molecule has 2 heterocycles. The van der Waals surface area contributed by atoms with E-state index in [0.717, 1.165) is 24.2 Å². The van der Waals surface area contributed by atoms with Crippen molar-refractivity contribution >= 4 is 28.3 Å². The lowest BCUT2D eigenvalue weighted by molar-refractivity contribution is 0.0700. The van der Waals surface area contributed by atoms with E-state index in [1.165, 1.54) is 6.20 Å². The summed E-state index contributed by atoms with van der Waals surface area (Å²) in [5.74, 6) is -1.36. The second-order valence-corrected chi connectivity index (χ2v) is 5.40. The Balaban J connectivity index is 2.17. The van der Waals surface area contributed by atoms with Crippen LogP contribution in [0, 0.1) is 0 Å². The maximum absolute atomic E-state index is 12.0. The number of nitrogens with one attached hydrogen (secondary N) is 1. The molecule has 0 radical (unpaired) electrons. The van der Waals surface area contributed by atoms with Crippen molar-refractivity contribution in [2.45, 2.75) is 26.2 Å². The van der Waals surface area contributed by atoms with Crippen molar-refractivity contribution < 1.29 is 14.7 Å². The molecular weight excluding hydrogens is 290 g/mol. The van der Waals surface area contributed by atoms with Crippen molar-refractivity contribution in [1.29, 1.82) is 0 Å². The van der Waals surface area contributed by atoms with Gasteiger partial charge in [0.2, 0.25) is 0 Å². The first-order chi connectivity index (χ1) is 10.1. The van der Waals surface area contributed by atoms with E-state index in [1.54, 1.807) is 18.3 Å². The zero-order valence-electron chi connectivity index (χ0n) is 11.5. The highest BCUT2D eigenvalue weighted by Gasteiger charge is 2.18. The Bertz CT molecular complexity index is 640. The van der Waals surface area contributed by atoms with Crippen LogP contribution in [-0.2, 0) is 6.42 Å². The van der Waals surface area contributed by atoms with Crippen LogP contribution in [0.4, 0.5) is 5.13 Å². The van der Waals surface area contributed by atoms with E-state index in [1.807, 2.05) is 6.92 Å². The number of aromatic carboxylic acids is 1.